The zero-order chi connectivity index (χ0) is 28.9. The van der Waals surface area contributed by atoms with E-state index >= 15 is 0 Å². The Morgan fingerprint density at radius 1 is 1.07 bits per heavy atom. The van der Waals surface area contributed by atoms with Crippen LogP contribution in [0.3, 0.4) is 0 Å². The number of sulfonamides is 1. The first-order chi connectivity index (χ1) is 19.6. The number of aromatic nitrogens is 1. The maximum Gasteiger partial charge on any atom is 0.262 e. The van der Waals surface area contributed by atoms with Crippen LogP contribution in [0.2, 0.25) is 5.02 Å². The fourth-order valence-electron chi connectivity index (χ4n) is 5.56. The molecule has 4 aromatic rings. The minimum Gasteiger partial charge on any atom is -0.491 e. The van der Waals surface area contributed by atoms with Gasteiger partial charge in [-0.15, -0.1) is 0 Å². The van der Waals surface area contributed by atoms with Crippen LogP contribution >= 0.6 is 11.6 Å². The smallest absolute Gasteiger partial charge is 0.262 e. The first-order valence-electron chi connectivity index (χ1n) is 13.5. The summed E-state index contributed by atoms with van der Waals surface area (Å²) in [5.41, 5.74) is 4.28. The second-order valence-corrected chi connectivity index (χ2v) is 13.1. The van der Waals surface area contributed by atoms with Crippen molar-refractivity contribution in [1.82, 2.24) is 9.88 Å². The second-order valence-electron chi connectivity index (χ2n) is 11.0. The maximum atomic E-state index is 13.3. The quantitative estimate of drug-likeness (QED) is 0.252. The molecule has 6 rings (SSSR count). The number of carbonyl (C=O) groups is 1. The Hall–Kier alpha value is -3.66. The zero-order valence-electron chi connectivity index (χ0n) is 23.1. The minimum absolute atomic E-state index is 0.0600. The number of carbonyl (C=O) groups excluding carboxylic acids is 1. The fourth-order valence-corrected chi connectivity index (χ4v) is 6.92. The van der Waals surface area contributed by atoms with Crippen molar-refractivity contribution in [2.24, 2.45) is 0 Å². The lowest BCUT2D eigenvalue weighted by Crippen LogP contribution is -2.28. The van der Waals surface area contributed by atoms with Crippen LogP contribution in [0.15, 0.2) is 71.8 Å². The van der Waals surface area contributed by atoms with E-state index < -0.39 is 15.4 Å². The van der Waals surface area contributed by atoms with E-state index in [1.54, 1.807) is 42.4 Å². The average Bonchev–Trinajstić information content (AvgIpc) is 3.72. The van der Waals surface area contributed by atoms with Crippen molar-refractivity contribution in [2.75, 3.05) is 43.9 Å². The number of nitrogens with one attached hydrogen (secondary N) is 1. The number of pyridine rings is 1. The lowest BCUT2D eigenvalue weighted by Gasteiger charge is -2.17. The Bertz CT molecular complexity index is 1790. The van der Waals surface area contributed by atoms with Gasteiger partial charge < -0.3 is 14.5 Å². The van der Waals surface area contributed by atoms with Crippen molar-refractivity contribution in [3.8, 4) is 16.9 Å². The van der Waals surface area contributed by atoms with Crippen molar-refractivity contribution in [3.05, 3.63) is 77.4 Å². The molecule has 41 heavy (non-hydrogen) atoms. The van der Waals surface area contributed by atoms with Gasteiger partial charge in [-0.3, -0.25) is 14.5 Å². The van der Waals surface area contributed by atoms with Gasteiger partial charge in [-0.2, -0.15) is 0 Å². The molecular formula is C31H31ClN4O4S. The van der Waals surface area contributed by atoms with Crippen LogP contribution in [0.4, 0.5) is 11.4 Å². The van der Waals surface area contributed by atoms with Crippen LogP contribution in [0.5, 0.6) is 5.75 Å². The molecule has 10 heteroatoms. The van der Waals surface area contributed by atoms with Gasteiger partial charge in [0.2, 0.25) is 5.91 Å². The number of anilines is 2. The molecule has 0 unspecified atom stereocenters. The molecule has 1 amide bonds. The molecule has 1 aliphatic carbocycles. The SMILES string of the molecule is CN(C)CCCOc1ccc(-c2ccc3ncc4c(c3c2)C2(CC2)C(=O)N4C)cc1NS(=O)(=O)c1cccc(Cl)c1. The first kappa shape index (κ1) is 27.5. The second kappa shape index (κ2) is 10.3. The van der Waals surface area contributed by atoms with E-state index in [9.17, 15) is 13.2 Å². The summed E-state index contributed by atoms with van der Waals surface area (Å²) in [6.07, 6.45) is 4.24. The third kappa shape index (κ3) is 5.03. The van der Waals surface area contributed by atoms with Crippen LogP contribution < -0.4 is 14.4 Å². The standard InChI is InChI=1S/C31H31ClN4O4S/c1-35(2)14-5-15-40-28-11-9-21(17-26(28)34-41(38,39)23-7-4-6-22(32)18-23)20-8-10-25-24(16-20)29-27(19-33-25)36(3)30(37)31(29)12-13-31/h4,6-11,16-19,34H,5,12-15H2,1-3H3. The fraction of sp³-hybridized carbons (Fsp3) is 0.290. The molecule has 1 fully saturated rings. The van der Waals surface area contributed by atoms with Gasteiger partial charge >= 0.3 is 0 Å². The lowest BCUT2D eigenvalue weighted by molar-refractivity contribution is -0.119. The van der Waals surface area contributed by atoms with Crippen molar-refractivity contribution in [2.45, 2.75) is 29.6 Å². The lowest BCUT2D eigenvalue weighted by atomic mass is 9.92. The van der Waals surface area contributed by atoms with Gasteiger partial charge in [0, 0.05) is 29.6 Å². The predicted molar refractivity (Wildman–Crippen MR) is 162 cm³/mol. The summed E-state index contributed by atoms with van der Waals surface area (Å²) in [5.74, 6) is 0.561. The molecule has 2 heterocycles. The molecule has 1 saturated carbocycles. The predicted octanol–water partition coefficient (Wildman–Crippen LogP) is 5.69. The molecule has 2 aliphatic rings. The minimum atomic E-state index is -3.94. The number of likely N-dealkylation sites (N-methyl/N-ethyl adjacent to an activating group) is 1. The van der Waals surface area contributed by atoms with E-state index in [1.165, 1.54) is 12.1 Å². The number of rotatable bonds is 9. The average molecular weight is 591 g/mol. The summed E-state index contributed by atoms with van der Waals surface area (Å²) in [7, 11) is 1.85. The Balaban J connectivity index is 1.40. The third-order valence-corrected chi connectivity index (χ3v) is 9.42. The molecule has 0 bridgehead atoms. The number of halogens is 1. The summed E-state index contributed by atoms with van der Waals surface area (Å²) < 4.78 is 35.4. The number of nitrogens with zero attached hydrogens (tertiary/aromatic N) is 3. The van der Waals surface area contributed by atoms with E-state index in [-0.39, 0.29) is 10.8 Å². The van der Waals surface area contributed by atoms with Crippen molar-refractivity contribution >= 4 is 49.8 Å². The number of amides is 1. The largest absolute Gasteiger partial charge is 0.491 e. The number of benzene rings is 3. The van der Waals surface area contributed by atoms with Crippen LogP contribution in [-0.2, 0) is 20.2 Å². The highest BCUT2D eigenvalue weighted by atomic mass is 35.5. The van der Waals surface area contributed by atoms with E-state index in [4.69, 9.17) is 16.3 Å². The summed E-state index contributed by atoms with van der Waals surface area (Å²) in [5, 5.41) is 1.27. The van der Waals surface area contributed by atoms with Crippen LogP contribution in [0.25, 0.3) is 22.0 Å². The Morgan fingerprint density at radius 2 is 1.83 bits per heavy atom. The van der Waals surface area contributed by atoms with Gasteiger partial charge in [-0.1, -0.05) is 29.8 Å². The summed E-state index contributed by atoms with van der Waals surface area (Å²) in [6.45, 7) is 1.27. The highest BCUT2D eigenvalue weighted by Gasteiger charge is 2.59. The third-order valence-electron chi connectivity index (χ3n) is 7.82. The van der Waals surface area contributed by atoms with Crippen LogP contribution in [-0.4, -0.2) is 58.5 Å². The molecule has 0 radical (unpaired) electrons. The van der Waals surface area contributed by atoms with Crippen molar-refractivity contribution in [1.29, 1.82) is 0 Å². The van der Waals surface area contributed by atoms with Gasteiger partial charge in [0.15, 0.2) is 0 Å². The van der Waals surface area contributed by atoms with E-state index in [0.717, 1.165) is 59.1 Å². The first-order valence-corrected chi connectivity index (χ1v) is 15.4. The summed E-state index contributed by atoms with van der Waals surface area (Å²) >= 11 is 6.08. The molecule has 1 spiro atoms. The number of hydrogen-bond donors (Lipinski definition) is 1. The Kier molecular flexibility index (Phi) is 6.92. The summed E-state index contributed by atoms with van der Waals surface area (Å²) in [4.78, 5) is 21.5. The van der Waals surface area contributed by atoms with E-state index in [1.807, 2.05) is 32.3 Å². The molecule has 212 valence electrons. The molecule has 3 aromatic carbocycles. The molecule has 0 saturated heterocycles. The van der Waals surface area contributed by atoms with Gasteiger partial charge in [-0.25, -0.2) is 8.42 Å². The highest BCUT2D eigenvalue weighted by molar-refractivity contribution is 7.92. The van der Waals surface area contributed by atoms with Crippen LogP contribution in [0.1, 0.15) is 24.8 Å². The van der Waals surface area contributed by atoms with Crippen LogP contribution in [0, 0.1) is 0 Å². The molecular weight excluding hydrogens is 560 g/mol. The summed E-state index contributed by atoms with van der Waals surface area (Å²) in [6, 6.07) is 17.6. The molecule has 1 N–H and O–H groups in total. The molecule has 1 aromatic heterocycles. The number of hydrogen-bond acceptors (Lipinski definition) is 6. The van der Waals surface area contributed by atoms with Gasteiger partial charge in [0.05, 0.1) is 40.0 Å². The zero-order valence-corrected chi connectivity index (χ0v) is 24.7. The molecule has 1 aliphatic heterocycles. The normalized spacial score (nSPS) is 15.5. The van der Waals surface area contributed by atoms with Gasteiger partial charge in [0.1, 0.15) is 5.75 Å². The van der Waals surface area contributed by atoms with Crippen molar-refractivity contribution < 1.29 is 17.9 Å². The van der Waals surface area contributed by atoms with E-state index in [2.05, 4.69) is 20.7 Å². The molecule has 0 atom stereocenters. The highest BCUT2D eigenvalue weighted by Crippen LogP contribution is 2.58. The number of ether oxygens (including phenoxy) is 1. The van der Waals surface area contributed by atoms with Crippen molar-refractivity contribution in [3.63, 3.8) is 0 Å². The van der Waals surface area contributed by atoms with E-state index in [0.29, 0.717) is 23.1 Å². The number of fused-ring (bicyclic) bond motifs is 4. The Labute approximate surface area is 244 Å². The monoisotopic (exact) mass is 590 g/mol. The maximum absolute atomic E-state index is 13.3. The van der Waals surface area contributed by atoms with Gasteiger partial charge in [0.25, 0.3) is 10.0 Å². The topological polar surface area (TPSA) is 91.8 Å². The molecule has 8 nitrogen and oxygen atoms in total. The Morgan fingerprint density at radius 3 is 2.56 bits per heavy atom. The van der Waals surface area contributed by atoms with Gasteiger partial charge in [-0.05, 0) is 86.9 Å².